The number of hydrogen-bond acceptors (Lipinski definition) is 8. The van der Waals surface area contributed by atoms with E-state index in [1.807, 2.05) is 18.7 Å². The average molecular weight is 714 g/mol. The number of pyridine rings is 2. The molecule has 1 saturated heterocycles. The first kappa shape index (κ1) is 34.9. The molecule has 4 heterocycles. The molecule has 12 nitrogen and oxygen atoms in total. The van der Waals surface area contributed by atoms with E-state index >= 15 is 0 Å². The Labute approximate surface area is 289 Å². The summed E-state index contributed by atoms with van der Waals surface area (Å²) in [5.74, 6) is -0.851. The minimum absolute atomic E-state index is 0.00567. The summed E-state index contributed by atoms with van der Waals surface area (Å²) in [5.41, 5.74) is 0.272. The van der Waals surface area contributed by atoms with Crippen LogP contribution >= 0.6 is 11.6 Å². The van der Waals surface area contributed by atoms with Crippen LogP contribution in [-0.4, -0.2) is 69.0 Å². The van der Waals surface area contributed by atoms with Crippen molar-refractivity contribution in [1.82, 2.24) is 24.4 Å². The number of nitrogens with zero attached hydrogens (tertiary/aromatic N) is 5. The molecule has 4 aromatic rings. The number of ether oxygens (including phenoxy) is 1. The molecule has 0 radical (unpaired) electrons. The number of hydrogen-bond donors (Lipinski definition) is 2. The van der Waals surface area contributed by atoms with Gasteiger partial charge in [0, 0.05) is 49.0 Å². The smallest absolute Gasteiger partial charge is 0.416 e. The second-order valence-corrected chi connectivity index (χ2v) is 13.0. The lowest BCUT2D eigenvalue weighted by Crippen LogP contribution is -2.55. The molecule has 1 aliphatic carbocycles. The molecule has 3 aromatic heterocycles. The highest BCUT2D eigenvalue weighted by Gasteiger charge is 2.35. The van der Waals surface area contributed by atoms with Crippen LogP contribution in [0.15, 0.2) is 40.2 Å². The van der Waals surface area contributed by atoms with E-state index in [0.29, 0.717) is 29.1 Å². The van der Waals surface area contributed by atoms with Crippen LogP contribution in [0.2, 0.25) is 5.02 Å². The number of nitrogens with one attached hydrogen (secondary N) is 2. The van der Waals surface area contributed by atoms with E-state index < -0.39 is 35.0 Å². The Balaban J connectivity index is 1.36. The molecular formula is C34H35ClF3N7O5. The van der Waals surface area contributed by atoms with Gasteiger partial charge in [0.1, 0.15) is 17.8 Å². The number of amides is 2. The summed E-state index contributed by atoms with van der Waals surface area (Å²) in [6.07, 6.45) is 0.632. The Hall–Kier alpha value is -4.92. The van der Waals surface area contributed by atoms with E-state index in [0.717, 1.165) is 31.0 Å². The van der Waals surface area contributed by atoms with Gasteiger partial charge in [0.25, 0.3) is 5.91 Å². The maximum atomic E-state index is 14.3. The van der Waals surface area contributed by atoms with Crippen molar-refractivity contribution >= 4 is 46.0 Å². The van der Waals surface area contributed by atoms with Crippen molar-refractivity contribution in [2.75, 3.05) is 37.0 Å². The number of rotatable bonds is 8. The zero-order chi connectivity index (χ0) is 36.1. The zero-order valence-electron chi connectivity index (χ0n) is 27.8. The lowest BCUT2D eigenvalue weighted by atomic mass is 10.1. The number of carbonyl (C=O) groups excluding carboxylic acids is 2. The second kappa shape index (κ2) is 13.4. The van der Waals surface area contributed by atoms with Gasteiger partial charge in [-0.25, -0.2) is 9.97 Å². The standard InChI is InChI=1S/C34H35ClF3N7O5/c1-5-24-28(44-11-10-43(15-18(44)3)33(49)26-29(47)17(2)13-40-32(26)50-4)30(48)27-31(39-14-23(42-27)19-6-7-19)45(24)16-25(46)41-22-9-8-20(12-21(22)35)34(36,37)38/h8-9,12-14,18-19H,5-7,10-11,15-16H2,1-4H3,(H,40,47)(H,41,46)/t18-/m0/s1. The number of anilines is 2. The Kier molecular flexibility index (Phi) is 9.37. The Morgan fingerprint density at radius 3 is 2.52 bits per heavy atom. The molecule has 1 saturated carbocycles. The summed E-state index contributed by atoms with van der Waals surface area (Å²) in [6, 6.07) is 2.26. The molecule has 0 unspecified atom stereocenters. The molecule has 1 aromatic carbocycles. The molecule has 0 spiro atoms. The number of alkyl halides is 3. The first-order chi connectivity index (χ1) is 23.7. The highest BCUT2D eigenvalue weighted by Crippen LogP contribution is 2.39. The predicted molar refractivity (Wildman–Crippen MR) is 181 cm³/mol. The fraction of sp³-hybridized carbons (Fsp3) is 0.412. The lowest BCUT2D eigenvalue weighted by Gasteiger charge is -2.42. The summed E-state index contributed by atoms with van der Waals surface area (Å²) in [6.45, 7) is 5.54. The first-order valence-electron chi connectivity index (χ1n) is 16.1. The molecule has 2 fully saturated rings. The van der Waals surface area contributed by atoms with Gasteiger partial charge in [-0.1, -0.05) is 18.5 Å². The quantitative estimate of drug-likeness (QED) is 0.263. The number of benzene rings is 1. The van der Waals surface area contributed by atoms with Gasteiger partial charge in [0.05, 0.1) is 35.3 Å². The third kappa shape index (κ3) is 6.53. The molecule has 2 amide bonds. The summed E-state index contributed by atoms with van der Waals surface area (Å²) in [7, 11) is 1.37. The topological polar surface area (TPSA) is 143 Å². The van der Waals surface area contributed by atoms with Gasteiger partial charge in [0.15, 0.2) is 11.2 Å². The molecule has 50 heavy (non-hydrogen) atoms. The van der Waals surface area contributed by atoms with Crippen molar-refractivity contribution in [1.29, 1.82) is 0 Å². The fourth-order valence-corrected chi connectivity index (χ4v) is 6.60. The van der Waals surface area contributed by atoms with Gasteiger partial charge in [-0.05, 0) is 51.3 Å². The number of aryl methyl sites for hydroxylation is 1. The van der Waals surface area contributed by atoms with E-state index in [9.17, 15) is 32.3 Å². The number of aromatic nitrogens is 4. The van der Waals surface area contributed by atoms with Crippen molar-refractivity contribution in [2.24, 2.45) is 0 Å². The van der Waals surface area contributed by atoms with Crippen molar-refractivity contribution < 1.29 is 27.5 Å². The minimum Gasteiger partial charge on any atom is -0.482 e. The first-order valence-corrected chi connectivity index (χ1v) is 16.5. The SMILES string of the molecule is CCc1c(N2CCN(C(=O)c3c(OC)[nH]cc(C)c3=O)C[C@@H]2C)c(=O)c2nc(C3CC3)cnc2n1CC(=O)Nc1ccc(C(F)(F)F)cc1Cl. The lowest BCUT2D eigenvalue weighted by molar-refractivity contribution is -0.137. The maximum absolute atomic E-state index is 14.3. The molecule has 1 aliphatic heterocycles. The number of aromatic amines is 1. The van der Waals surface area contributed by atoms with Crippen molar-refractivity contribution in [3.05, 3.63) is 84.1 Å². The number of fused-ring (bicyclic) bond motifs is 1. The van der Waals surface area contributed by atoms with Crippen LogP contribution in [-0.2, 0) is 23.9 Å². The van der Waals surface area contributed by atoms with Crippen molar-refractivity contribution in [3.63, 3.8) is 0 Å². The van der Waals surface area contributed by atoms with E-state index in [2.05, 4.69) is 15.3 Å². The van der Waals surface area contributed by atoms with E-state index in [1.165, 1.54) is 13.3 Å². The van der Waals surface area contributed by atoms with Gasteiger partial charge in [-0.2, -0.15) is 13.2 Å². The number of piperazine rings is 1. The van der Waals surface area contributed by atoms with Crippen LogP contribution in [0.4, 0.5) is 24.5 Å². The van der Waals surface area contributed by atoms with Crippen LogP contribution in [0, 0.1) is 6.92 Å². The maximum Gasteiger partial charge on any atom is 0.416 e. The van der Waals surface area contributed by atoms with E-state index in [-0.39, 0.29) is 70.8 Å². The number of carbonyl (C=O) groups is 2. The van der Waals surface area contributed by atoms with Crippen LogP contribution < -0.4 is 25.8 Å². The van der Waals surface area contributed by atoms with Crippen molar-refractivity contribution in [2.45, 2.75) is 64.7 Å². The molecule has 2 N–H and O–H groups in total. The van der Waals surface area contributed by atoms with Gasteiger partial charge >= 0.3 is 6.18 Å². The summed E-state index contributed by atoms with van der Waals surface area (Å²) in [4.78, 5) is 70.0. The largest absolute Gasteiger partial charge is 0.482 e. The number of H-pyrrole nitrogens is 1. The van der Waals surface area contributed by atoms with Gasteiger partial charge in [-0.15, -0.1) is 0 Å². The van der Waals surface area contributed by atoms with Crippen LogP contribution in [0.25, 0.3) is 11.2 Å². The minimum atomic E-state index is -4.60. The highest BCUT2D eigenvalue weighted by atomic mass is 35.5. The molecule has 2 aliphatic rings. The van der Waals surface area contributed by atoms with E-state index in [4.69, 9.17) is 21.3 Å². The van der Waals surface area contributed by atoms with Gasteiger partial charge in [-0.3, -0.25) is 19.2 Å². The number of halogens is 4. The summed E-state index contributed by atoms with van der Waals surface area (Å²) >= 11 is 6.11. The predicted octanol–water partition coefficient (Wildman–Crippen LogP) is 4.90. The van der Waals surface area contributed by atoms with Gasteiger partial charge < -0.3 is 29.4 Å². The zero-order valence-corrected chi connectivity index (χ0v) is 28.5. The molecule has 264 valence electrons. The Morgan fingerprint density at radius 1 is 1.16 bits per heavy atom. The van der Waals surface area contributed by atoms with Crippen molar-refractivity contribution in [3.8, 4) is 5.88 Å². The van der Waals surface area contributed by atoms with Crippen LogP contribution in [0.5, 0.6) is 5.88 Å². The molecular weight excluding hydrogens is 679 g/mol. The van der Waals surface area contributed by atoms with Crippen LogP contribution in [0.3, 0.4) is 0 Å². The summed E-state index contributed by atoms with van der Waals surface area (Å²) in [5, 5.41) is 2.30. The molecule has 16 heteroatoms. The monoisotopic (exact) mass is 713 g/mol. The Bertz CT molecular complexity index is 2130. The second-order valence-electron chi connectivity index (χ2n) is 12.5. The summed E-state index contributed by atoms with van der Waals surface area (Å²) < 4.78 is 46.4. The van der Waals surface area contributed by atoms with E-state index in [1.54, 1.807) is 22.6 Å². The fourth-order valence-electron chi connectivity index (χ4n) is 6.37. The normalized spacial score (nSPS) is 16.5. The third-order valence-corrected chi connectivity index (χ3v) is 9.42. The molecule has 0 bridgehead atoms. The average Bonchev–Trinajstić information content (AvgIpc) is 3.93. The van der Waals surface area contributed by atoms with Crippen LogP contribution in [0.1, 0.15) is 65.5 Å². The Morgan fingerprint density at radius 2 is 1.90 bits per heavy atom. The third-order valence-electron chi connectivity index (χ3n) is 9.11. The highest BCUT2D eigenvalue weighted by molar-refractivity contribution is 6.33. The van der Waals surface area contributed by atoms with Gasteiger partial charge in [0.2, 0.25) is 22.6 Å². The molecule has 6 rings (SSSR count). The number of methoxy groups -OCH3 is 1. The molecule has 1 atom stereocenters.